The first-order valence-electron chi connectivity index (χ1n) is 7.85. The van der Waals surface area contributed by atoms with Gasteiger partial charge in [-0.1, -0.05) is 57.6 Å². The van der Waals surface area contributed by atoms with Crippen LogP contribution in [0.2, 0.25) is 0 Å². The molecule has 1 atom stereocenters. The molecule has 3 nitrogen and oxygen atoms in total. The SMILES string of the molecule is CCCCCCCCC(Cc1cccc(F)c1)C(O)(O)O. The highest BCUT2D eigenvalue weighted by atomic mass is 19.1. The predicted molar refractivity (Wildman–Crippen MR) is 81.0 cm³/mol. The predicted octanol–water partition coefficient (Wildman–Crippen LogP) is 3.37. The third-order valence-corrected chi connectivity index (χ3v) is 3.82. The summed E-state index contributed by atoms with van der Waals surface area (Å²) in [5.74, 6) is -3.77. The summed E-state index contributed by atoms with van der Waals surface area (Å²) >= 11 is 0. The van der Waals surface area contributed by atoms with Crippen LogP contribution in [0.5, 0.6) is 0 Å². The number of halogens is 1. The van der Waals surface area contributed by atoms with Gasteiger partial charge in [-0.25, -0.2) is 4.39 Å². The summed E-state index contributed by atoms with van der Waals surface area (Å²) in [7, 11) is 0. The fourth-order valence-electron chi connectivity index (χ4n) is 2.55. The van der Waals surface area contributed by atoms with Gasteiger partial charge in [0.05, 0.1) is 0 Å². The van der Waals surface area contributed by atoms with E-state index < -0.39 is 11.9 Å². The van der Waals surface area contributed by atoms with Crippen molar-refractivity contribution in [3.8, 4) is 0 Å². The molecule has 3 N–H and O–H groups in total. The topological polar surface area (TPSA) is 60.7 Å². The normalized spacial score (nSPS) is 13.4. The molecule has 0 bridgehead atoms. The number of aliphatic hydroxyl groups is 3. The van der Waals surface area contributed by atoms with Crippen LogP contribution in [-0.4, -0.2) is 21.3 Å². The van der Waals surface area contributed by atoms with E-state index in [1.807, 2.05) is 0 Å². The first-order valence-corrected chi connectivity index (χ1v) is 7.85. The molecule has 0 saturated heterocycles. The van der Waals surface area contributed by atoms with Crippen molar-refractivity contribution in [3.63, 3.8) is 0 Å². The minimum absolute atomic E-state index is 0.246. The zero-order chi connectivity index (χ0) is 15.7. The molecule has 1 unspecified atom stereocenters. The zero-order valence-electron chi connectivity index (χ0n) is 12.8. The summed E-state index contributed by atoms with van der Waals surface area (Å²) in [6.07, 6.45) is 7.31. The van der Waals surface area contributed by atoms with Gasteiger partial charge in [-0.3, -0.25) is 0 Å². The minimum Gasteiger partial charge on any atom is -0.343 e. The van der Waals surface area contributed by atoms with Gasteiger partial charge in [0.15, 0.2) is 0 Å². The maximum absolute atomic E-state index is 13.2. The van der Waals surface area contributed by atoms with Crippen LogP contribution in [0.15, 0.2) is 24.3 Å². The minimum atomic E-state index is -2.71. The van der Waals surface area contributed by atoms with E-state index in [2.05, 4.69) is 6.92 Å². The Morgan fingerprint density at radius 2 is 1.71 bits per heavy atom. The van der Waals surface area contributed by atoms with Gasteiger partial charge in [-0.15, -0.1) is 0 Å². The molecule has 4 heteroatoms. The van der Waals surface area contributed by atoms with E-state index >= 15 is 0 Å². The van der Waals surface area contributed by atoms with E-state index in [9.17, 15) is 19.7 Å². The second-order valence-electron chi connectivity index (χ2n) is 5.77. The second-order valence-corrected chi connectivity index (χ2v) is 5.77. The summed E-state index contributed by atoms with van der Waals surface area (Å²) in [6.45, 7) is 2.16. The largest absolute Gasteiger partial charge is 0.343 e. The number of benzene rings is 1. The Morgan fingerprint density at radius 1 is 1.05 bits per heavy atom. The van der Waals surface area contributed by atoms with Crippen molar-refractivity contribution in [1.29, 1.82) is 0 Å². The molecule has 0 aliphatic heterocycles. The van der Waals surface area contributed by atoms with Crippen molar-refractivity contribution in [3.05, 3.63) is 35.6 Å². The lowest BCUT2D eigenvalue weighted by atomic mass is 9.91. The Balaban J connectivity index is 2.45. The molecule has 0 aliphatic rings. The molecule has 1 rings (SSSR count). The fourth-order valence-corrected chi connectivity index (χ4v) is 2.55. The molecule has 0 aliphatic carbocycles. The van der Waals surface area contributed by atoms with Crippen LogP contribution in [0.3, 0.4) is 0 Å². The number of hydrogen-bond acceptors (Lipinski definition) is 3. The van der Waals surface area contributed by atoms with Crippen LogP contribution >= 0.6 is 0 Å². The molecule has 0 spiro atoms. The molecule has 0 saturated carbocycles. The third-order valence-electron chi connectivity index (χ3n) is 3.82. The molecule has 120 valence electrons. The summed E-state index contributed by atoms with van der Waals surface area (Å²) in [6, 6.07) is 6.01. The Labute approximate surface area is 126 Å². The summed E-state index contributed by atoms with van der Waals surface area (Å²) in [5.41, 5.74) is 0.660. The van der Waals surface area contributed by atoms with Crippen molar-refractivity contribution in [2.75, 3.05) is 0 Å². The van der Waals surface area contributed by atoms with Crippen LogP contribution in [0.4, 0.5) is 4.39 Å². The highest BCUT2D eigenvalue weighted by Gasteiger charge is 2.31. The van der Waals surface area contributed by atoms with Crippen LogP contribution in [-0.2, 0) is 6.42 Å². The molecule has 0 fully saturated rings. The highest BCUT2D eigenvalue weighted by Crippen LogP contribution is 2.24. The number of unbranched alkanes of at least 4 members (excludes halogenated alkanes) is 5. The van der Waals surface area contributed by atoms with Crippen molar-refractivity contribution >= 4 is 0 Å². The van der Waals surface area contributed by atoms with Gasteiger partial charge in [0, 0.05) is 5.92 Å². The fraction of sp³-hybridized carbons (Fsp3) is 0.647. The van der Waals surface area contributed by atoms with Crippen LogP contribution in [0.25, 0.3) is 0 Å². The molecule has 0 aromatic heterocycles. The van der Waals surface area contributed by atoms with Gasteiger partial charge >= 0.3 is 0 Å². The molecule has 0 amide bonds. The van der Waals surface area contributed by atoms with Crippen LogP contribution in [0, 0.1) is 11.7 Å². The molecular weight excluding hydrogens is 271 g/mol. The lowest BCUT2D eigenvalue weighted by molar-refractivity contribution is -0.342. The van der Waals surface area contributed by atoms with E-state index in [1.54, 1.807) is 12.1 Å². The lowest BCUT2D eigenvalue weighted by Crippen LogP contribution is -2.38. The maximum atomic E-state index is 13.2. The standard InChI is InChI=1S/C17H27FO3/c1-2-3-4-5-6-7-10-15(17(19,20)21)12-14-9-8-11-16(18)13-14/h8-9,11,13,15,19-21H,2-7,10,12H2,1H3. The van der Waals surface area contributed by atoms with Crippen molar-refractivity contribution < 1.29 is 19.7 Å². The van der Waals surface area contributed by atoms with Gasteiger partial charge in [-0.05, 0) is 30.5 Å². The maximum Gasteiger partial charge on any atom is 0.278 e. The Kier molecular flexibility index (Phi) is 7.86. The average Bonchev–Trinajstić information content (AvgIpc) is 2.40. The average molecular weight is 298 g/mol. The monoisotopic (exact) mass is 298 g/mol. The summed E-state index contributed by atoms with van der Waals surface area (Å²) in [5, 5.41) is 28.4. The zero-order valence-corrected chi connectivity index (χ0v) is 12.8. The van der Waals surface area contributed by atoms with Crippen molar-refractivity contribution in [2.45, 2.75) is 64.3 Å². The third kappa shape index (κ3) is 7.55. The molecule has 1 aromatic rings. The smallest absolute Gasteiger partial charge is 0.278 e. The number of rotatable bonds is 10. The Hall–Kier alpha value is -0.970. The van der Waals surface area contributed by atoms with Crippen molar-refractivity contribution in [1.82, 2.24) is 0 Å². The van der Waals surface area contributed by atoms with Crippen LogP contribution in [0.1, 0.15) is 57.4 Å². The van der Waals surface area contributed by atoms with E-state index in [0.717, 1.165) is 19.3 Å². The van der Waals surface area contributed by atoms with E-state index in [1.165, 1.54) is 31.4 Å². The quantitative estimate of drug-likeness (QED) is 0.458. The van der Waals surface area contributed by atoms with E-state index in [4.69, 9.17) is 0 Å². The van der Waals surface area contributed by atoms with Gasteiger partial charge in [0.25, 0.3) is 5.97 Å². The van der Waals surface area contributed by atoms with Gasteiger partial charge in [0.2, 0.25) is 0 Å². The Bertz CT molecular complexity index is 401. The second kappa shape index (κ2) is 9.13. The van der Waals surface area contributed by atoms with Gasteiger partial charge < -0.3 is 15.3 Å². The summed E-state index contributed by atoms with van der Waals surface area (Å²) in [4.78, 5) is 0. The van der Waals surface area contributed by atoms with Crippen LogP contribution < -0.4 is 0 Å². The lowest BCUT2D eigenvalue weighted by Gasteiger charge is -2.26. The first-order chi connectivity index (χ1) is 9.93. The molecule has 1 aromatic carbocycles. The van der Waals surface area contributed by atoms with Gasteiger partial charge in [0.1, 0.15) is 5.82 Å². The molecular formula is C17H27FO3. The molecule has 0 heterocycles. The van der Waals surface area contributed by atoms with Gasteiger partial charge in [-0.2, -0.15) is 0 Å². The summed E-state index contributed by atoms with van der Waals surface area (Å²) < 4.78 is 13.2. The Morgan fingerprint density at radius 3 is 2.33 bits per heavy atom. The first kappa shape index (κ1) is 18.1. The highest BCUT2D eigenvalue weighted by molar-refractivity contribution is 5.17. The van der Waals surface area contributed by atoms with E-state index in [0.29, 0.717) is 12.0 Å². The van der Waals surface area contributed by atoms with E-state index in [-0.39, 0.29) is 12.2 Å². The number of hydrogen-bond donors (Lipinski definition) is 3. The van der Waals surface area contributed by atoms with Crippen molar-refractivity contribution in [2.24, 2.45) is 5.92 Å². The molecule has 21 heavy (non-hydrogen) atoms. The molecule has 0 radical (unpaired) electrons.